The summed E-state index contributed by atoms with van der Waals surface area (Å²) in [5, 5.41) is 3.34. The Morgan fingerprint density at radius 1 is 1.64 bits per heavy atom. The van der Waals surface area contributed by atoms with Crippen molar-refractivity contribution in [3.63, 3.8) is 0 Å². The highest BCUT2D eigenvalue weighted by Gasteiger charge is 2.12. The van der Waals surface area contributed by atoms with E-state index in [1.165, 1.54) is 0 Å². The highest BCUT2D eigenvalue weighted by atomic mass is 35.5. The van der Waals surface area contributed by atoms with Gasteiger partial charge in [-0.1, -0.05) is 5.16 Å². The number of carbonyl (C=O) groups is 1. The van der Waals surface area contributed by atoms with E-state index in [1.54, 1.807) is 6.92 Å². The summed E-state index contributed by atoms with van der Waals surface area (Å²) in [6.07, 6.45) is 0. The van der Waals surface area contributed by atoms with Gasteiger partial charge < -0.3 is 16.0 Å². The second-order valence-electron chi connectivity index (χ2n) is 1.88. The molecule has 0 unspecified atom stereocenters. The average Bonchev–Trinajstić information content (AvgIpc) is 2.14. The number of nitrogen functional groups attached to an aromatic ring is 1. The molecule has 1 amide bonds. The molecule has 5 nitrogen and oxygen atoms in total. The lowest BCUT2D eigenvalue weighted by atomic mass is 10.2. The molecule has 1 aromatic rings. The summed E-state index contributed by atoms with van der Waals surface area (Å²) in [4.78, 5) is 10.5. The molecule has 0 aliphatic carbocycles. The Morgan fingerprint density at radius 3 is 2.36 bits per heavy atom. The van der Waals surface area contributed by atoms with E-state index in [4.69, 9.17) is 11.5 Å². The van der Waals surface area contributed by atoms with Gasteiger partial charge in [0.2, 0.25) is 5.88 Å². The van der Waals surface area contributed by atoms with E-state index in [-0.39, 0.29) is 24.0 Å². The summed E-state index contributed by atoms with van der Waals surface area (Å²) < 4.78 is 4.48. The summed E-state index contributed by atoms with van der Waals surface area (Å²) >= 11 is 0. The van der Waals surface area contributed by atoms with Gasteiger partial charge in [-0.25, -0.2) is 0 Å². The molecule has 0 spiro atoms. The molecule has 0 radical (unpaired) electrons. The van der Waals surface area contributed by atoms with Crippen molar-refractivity contribution in [2.24, 2.45) is 5.73 Å². The summed E-state index contributed by atoms with van der Waals surface area (Å²) in [7, 11) is 0. The van der Waals surface area contributed by atoms with Crippen LogP contribution in [0.25, 0.3) is 0 Å². The minimum absolute atomic E-state index is 0. The second-order valence-corrected chi connectivity index (χ2v) is 1.88. The SMILES string of the molecule is Cc1c(C(N)=O)noc1N.Cl. The molecule has 0 atom stereocenters. The number of carbonyl (C=O) groups excluding carboxylic acids is 1. The lowest BCUT2D eigenvalue weighted by Crippen LogP contribution is -2.12. The predicted octanol–water partition coefficient (Wildman–Crippen LogP) is 0.0859. The Morgan fingerprint density at radius 2 is 2.18 bits per heavy atom. The summed E-state index contributed by atoms with van der Waals surface area (Å²) in [6, 6.07) is 0. The monoisotopic (exact) mass is 177 g/mol. The van der Waals surface area contributed by atoms with Gasteiger partial charge in [0.15, 0.2) is 5.69 Å². The van der Waals surface area contributed by atoms with Crippen molar-refractivity contribution in [1.82, 2.24) is 5.16 Å². The Balaban J connectivity index is 0.000001000. The van der Waals surface area contributed by atoms with Gasteiger partial charge in [-0.2, -0.15) is 0 Å². The van der Waals surface area contributed by atoms with E-state index in [0.29, 0.717) is 5.56 Å². The van der Waals surface area contributed by atoms with Crippen molar-refractivity contribution < 1.29 is 9.32 Å². The predicted molar refractivity (Wildman–Crippen MR) is 41.4 cm³/mol. The Hall–Kier alpha value is -1.23. The topological polar surface area (TPSA) is 95.1 Å². The Kier molecular flexibility index (Phi) is 2.88. The summed E-state index contributed by atoms with van der Waals surface area (Å²) in [6.45, 7) is 1.62. The molecule has 1 aromatic heterocycles. The molecule has 0 saturated heterocycles. The van der Waals surface area contributed by atoms with Gasteiger partial charge in [-0.15, -0.1) is 12.4 Å². The molecule has 0 bridgehead atoms. The van der Waals surface area contributed by atoms with Crippen LogP contribution in [0.1, 0.15) is 16.1 Å². The number of rotatable bonds is 1. The maximum absolute atomic E-state index is 10.5. The number of nitrogens with zero attached hydrogens (tertiary/aromatic N) is 1. The molecule has 4 N–H and O–H groups in total. The van der Waals surface area contributed by atoms with Crippen LogP contribution in [0.3, 0.4) is 0 Å². The van der Waals surface area contributed by atoms with Crippen LogP contribution in [-0.2, 0) is 0 Å². The Bertz CT molecular complexity index is 271. The summed E-state index contributed by atoms with van der Waals surface area (Å²) in [5.41, 5.74) is 10.7. The minimum atomic E-state index is -0.627. The van der Waals surface area contributed by atoms with Crippen molar-refractivity contribution in [1.29, 1.82) is 0 Å². The van der Waals surface area contributed by atoms with Gasteiger partial charge in [0.1, 0.15) is 0 Å². The van der Waals surface area contributed by atoms with Crippen LogP contribution in [0.15, 0.2) is 4.52 Å². The van der Waals surface area contributed by atoms with E-state index >= 15 is 0 Å². The van der Waals surface area contributed by atoms with E-state index in [9.17, 15) is 4.79 Å². The lowest BCUT2D eigenvalue weighted by molar-refractivity contribution is 0.0991. The van der Waals surface area contributed by atoms with Crippen LogP contribution in [0.4, 0.5) is 5.88 Å². The van der Waals surface area contributed by atoms with E-state index in [1.807, 2.05) is 0 Å². The first-order valence-corrected chi connectivity index (χ1v) is 2.64. The quantitative estimate of drug-likeness (QED) is 0.635. The zero-order chi connectivity index (χ0) is 7.72. The van der Waals surface area contributed by atoms with E-state index < -0.39 is 5.91 Å². The highest BCUT2D eigenvalue weighted by Crippen LogP contribution is 2.12. The smallest absolute Gasteiger partial charge is 0.271 e. The van der Waals surface area contributed by atoms with Crippen molar-refractivity contribution in [3.8, 4) is 0 Å². The molecular formula is C5H8ClN3O2. The normalized spacial score (nSPS) is 8.82. The molecule has 0 saturated carbocycles. The molecule has 1 rings (SSSR count). The average molecular weight is 178 g/mol. The van der Waals surface area contributed by atoms with E-state index in [2.05, 4.69) is 9.68 Å². The third-order valence-electron chi connectivity index (χ3n) is 1.19. The molecule has 0 fully saturated rings. The maximum Gasteiger partial charge on any atom is 0.271 e. The van der Waals surface area contributed by atoms with Crippen LogP contribution in [0.2, 0.25) is 0 Å². The fraction of sp³-hybridized carbons (Fsp3) is 0.200. The summed E-state index contributed by atoms with van der Waals surface area (Å²) in [5.74, 6) is -0.494. The van der Waals surface area contributed by atoms with Gasteiger partial charge >= 0.3 is 0 Å². The number of aromatic nitrogens is 1. The number of primary amides is 1. The zero-order valence-electron chi connectivity index (χ0n) is 5.83. The van der Waals surface area contributed by atoms with Gasteiger partial charge in [-0.05, 0) is 6.92 Å². The largest absolute Gasteiger partial charge is 0.367 e. The highest BCUT2D eigenvalue weighted by molar-refractivity contribution is 5.92. The van der Waals surface area contributed by atoms with Gasteiger partial charge in [0.05, 0.1) is 0 Å². The van der Waals surface area contributed by atoms with Gasteiger partial charge in [-0.3, -0.25) is 4.79 Å². The molecular weight excluding hydrogens is 170 g/mol. The van der Waals surface area contributed by atoms with Crippen molar-refractivity contribution in [3.05, 3.63) is 11.3 Å². The molecule has 6 heteroatoms. The number of hydrogen-bond donors (Lipinski definition) is 2. The standard InChI is InChI=1S/C5H7N3O2.ClH/c1-2-3(4(6)9)8-10-5(2)7;/h7H2,1H3,(H2,6,9);1H. The fourth-order valence-electron chi connectivity index (χ4n) is 0.578. The third-order valence-corrected chi connectivity index (χ3v) is 1.19. The van der Waals surface area contributed by atoms with Crippen LogP contribution in [-0.4, -0.2) is 11.1 Å². The minimum Gasteiger partial charge on any atom is -0.367 e. The number of anilines is 1. The number of amides is 1. The molecule has 0 aliphatic heterocycles. The fourth-order valence-corrected chi connectivity index (χ4v) is 0.578. The van der Waals surface area contributed by atoms with Crippen molar-refractivity contribution >= 4 is 24.2 Å². The van der Waals surface area contributed by atoms with Crippen molar-refractivity contribution in [2.75, 3.05) is 5.73 Å². The Labute approximate surface area is 69.1 Å². The lowest BCUT2D eigenvalue weighted by Gasteiger charge is -1.85. The van der Waals surface area contributed by atoms with Crippen LogP contribution >= 0.6 is 12.4 Å². The number of nitrogens with two attached hydrogens (primary N) is 2. The maximum atomic E-state index is 10.5. The zero-order valence-corrected chi connectivity index (χ0v) is 6.64. The van der Waals surface area contributed by atoms with E-state index in [0.717, 1.165) is 0 Å². The van der Waals surface area contributed by atoms with Gasteiger partial charge in [0.25, 0.3) is 5.91 Å². The van der Waals surface area contributed by atoms with Crippen LogP contribution in [0, 0.1) is 6.92 Å². The van der Waals surface area contributed by atoms with Crippen LogP contribution in [0.5, 0.6) is 0 Å². The molecule has 11 heavy (non-hydrogen) atoms. The molecule has 62 valence electrons. The number of hydrogen-bond acceptors (Lipinski definition) is 4. The molecule has 1 heterocycles. The van der Waals surface area contributed by atoms with Gasteiger partial charge in [0, 0.05) is 5.56 Å². The first-order valence-electron chi connectivity index (χ1n) is 2.64. The van der Waals surface area contributed by atoms with Crippen molar-refractivity contribution in [2.45, 2.75) is 6.92 Å². The van der Waals surface area contributed by atoms with Crippen LogP contribution < -0.4 is 11.5 Å². The first kappa shape index (κ1) is 9.77. The second kappa shape index (κ2) is 3.25. The molecule has 0 aromatic carbocycles. The first-order chi connectivity index (χ1) is 4.63. The molecule has 0 aliphatic rings. The third kappa shape index (κ3) is 1.62. The number of halogens is 1.